The second-order valence-electron chi connectivity index (χ2n) is 6.53. The van der Waals surface area contributed by atoms with E-state index in [-0.39, 0.29) is 23.3 Å². The van der Waals surface area contributed by atoms with Crippen molar-refractivity contribution in [2.45, 2.75) is 58.4 Å². The summed E-state index contributed by atoms with van der Waals surface area (Å²) in [6.45, 7) is 8.48. The van der Waals surface area contributed by atoms with Gasteiger partial charge in [0, 0.05) is 16.7 Å². The quantitative estimate of drug-likeness (QED) is 0.856. The maximum Gasteiger partial charge on any atom is 0.223 e. The molecular formula is C16H24N2OS. The number of nitrogens with one attached hydrogen (secondary N) is 1. The van der Waals surface area contributed by atoms with E-state index in [2.05, 4.69) is 48.6 Å². The zero-order valence-corrected chi connectivity index (χ0v) is 13.6. The molecule has 0 fully saturated rings. The molecule has 0 saturated carbocycles. The molecule has 0 bridgehead atoms. The number of nitrogens with zero attached hydrogens (tertiary/aromatic N) is 1. The minimum absolute atomic E-state index is 0.00509. The van der Waals surface area contributed by atoms with E-state index < -0.39 is 0 Å². The van der Waals surface area contributed by atoms with Gasteiger partial charge in [0.2, 0.25) is 5.91 Å². The first kappa shape index (κ1) is 15.2. The van der Waals surface area contributed by atoms with E-state index in [0.717, 1.165) is 30.0 Å². The molecule has 0 unspecified atom stereocenters. The average molecular weight is 292 g/mol. The van der Waals surface area contributed by atoms with Gasteiger partial charge >= 0.3 is 0 Å². The van der Waals surface area contributed by atoms with E-state index in [1.54, 1.807) is 11.3 Å². The molecule has 1 aromatic heterocycles. The number of carbonyl (C=O) groups is 1. The molecule has 4 heteroatoms. The van der Waals surface area contributed by atoms with E-state index >= 15 is 0 Å². The van der Waals surface area contributed by atoms with Gasteiger partial charge in [-0.1, -0.05) is 32.9 Å². The Bertz CT molecular complexity index is 499. The largest absolute Gasteiger partial charge is 0.347 e. The van der Waals surface area contributed by atoms with Crippen molar-refractivity contribution >= 4 is 17.2 Å². The molecule has 20 heavy (non-hydrogen) atoms. The summed E-state index contributed by atoms with van der Waals surface area (Å²) in [5.74, 6) is 0.291. The minimum Gasteiger partial charge on any atom is -0.347 e. The van der Waals surface area contributed by atoms with Gasteiger partial charge < -0.3 is 5.32 Å². The van der Waals surface area contributed by atoms with E-state index in [1.807, 2.05) is 6.92 Å². The summed E-state index contributed by atoms with van der Waals surface area (Å²) in [5, 5.41) is 6.20. The van der Waals surface area contributed by atoms with Crippen LogP contribution in [0.4, 0.5) is 0 Å². The highest BCUT2D eigenvalue weighted by atomic mass is 32.1. The lowest BCUT2D eigenvalue weighted by Crippen LogP contribution is -2.33. The second-order valence-corrected chi connectivity index (χ2v) is 7.42. The predicted molar refractivity (Wildman–Crippen MR) is 83.9 cm³/mol. The molecule has 2 atom stereocenters. The molecule has 1 aromatic rings. The average Bonchev–Trinajstić information content (AvgIpc) is 2.89. The molecular weight excluding hydrogens is 268 g/mol. The van der Waals surface area contributed by atoms with E-state index in [0.29, 0.717) is 0 Å². The summed E-state index contributed by atoms with van der Waals surface area (Å²) in [7, 11) is 0. The highest BCUT2D eigenvalue weighted by molar-refractivity contribution is 7.09. The molecule has 1 aliphatic rings. The van der Waals surface area contributed by atoms with E-state index in [9.17, 15) is 4.79 Å². The summed E-state index contributed by atoms with van der Waals surface area (Å²) in [5.41, 5.74) is 1.16. The molecule has 0 aliphatic heterocycles. The molecule has 0 aromatic carbocycles. The Morgan fingerprint density at radius 1 is 1.45 bits per heavy atom. The fourth-order valence-corrected chi connectivity index (χ4v) is 3.31. The van der Waals surface area contributed by atoms with Crippen molar-refractivity contribution in [2.24, 2.45) is 5.92 Å². The maximum absolute atomic E-state index is 12.2. The molecule has 0 saturated heterocycles. The molecule has 1 aliphatic carbocycles. The molecule has 1 N–H and O–H groups in total. The molecule has 0 radical (unpaired) electrons. The number of hydrogen-bond donors (Lipinski definition) is 1. The Balaban J connectivity index is 1.97. The zero-order chi connectivity index (χ0) is 14.8. The van der Waals surface area contributed by atoms with Gasteiger partial charge in [-0.25, -0.2) is 4.98 Å². The van der Waals surface area contributed by atoms with Crippen LogP contribution in [-0.2, 0) is 10.2 Å². The Morgan fingerprint density at radius 2 is 2.20 bits per heavy atom. The molecule has 1 heterocycles. The number of hydrogen-bond acceptors (Lipinski definition) is 3. The van der Waals surface area contributed by atoms with Crippen LogP contribution in [0.2, 0.25) is 0 Å². The van der Waals surface area contributed by atoms with Crippen LogP contribution in [0.15, 0.2) is 17.5 Å². The second kappa shape index (κ2) is 6.08. The van der Waals surface area contributed by atoms with E-state index in [4.69, 9.17) is 0 Å². The van der Waals surface area contributed by atoms with Crippen LogP contribution in [0.25, 0.3) is 0 Å². The third kappa shape index (κ3) is 3.69. The third-order valence-electron chi connectivity index (χ3n) is 3.66. The summed E-state index contributed by atoms with van der Waals surface area (Å²) in [6, 6.07) is -0.00509. The summed E-state index contributed by atoms with van der Waals surface area (Å²) in [4.78, 5) is 16.9. The van der Waals surface area contributed by atoms with Gasteiger partial charge in [-0.05, 0) is 26.2 Å². The van der Waals surface area contributed by atoms with Crippen LogP contribution in [0.1, 0.15) is 63.7 Å². The van der Waals surface area contributed by atoms with Crippen LogP contribution in [-0.4, -0.2) is 10.9 Å². The first-order valence-corrected chi connectivity index (χ1v) is 8.17. The molecule has 2 rings (SSSR count). The van der Waals surface area contributed by atoms with Crippen LogP contribution in [0.3, 0.4) is 0 Å². The van der Waals surface area contributed by atoms with Crippen molar-refractivity contribution in [1.29, 1.82) is 0 Å². The first-order chi connectivity index (χ1) is 9.38. The number of carbonyl (C=O) groups excluding carboxylic acids is 1. The highest BCUT2D eigenvalue weighted by Crippen LogP contribution is 2.27. The first-order valence-electron chi connectivity index (χ1n) is 7.29. The summed E-state index contributed by atoms with van der Waals surface area (Å²) in [6.07, 6.45) is 7.10. The highest BCUT2D eigenvalue weighted by Gasteiger charge is 2.23. The normalized spacial score (nSPS) is 20.7. The van der Waals surface area contributed by atoms with E-state index in [1.165, 1.54) is 0 Å². The molecule has 110 valence electrons. The van der Waals surface area contributed by atoms with Crippen molar-refractivity contribution in [1.82, 2.24) is 10.3 Å². The van der Waals surface area contributed by atoms with Crippen LogP contribution in [0, 0.1) is 5.92 Å². The third-order valence-corrected chi connectivity index (χ3v) is 4.69. The van der Waals surface area contributed by atoms with Crippen molar-refractivity contribution in [2.75, 3.05) is 0 Å². The monoisotopic (exact) mass is 292 g/mol. The standard InChI is InChI=1S/C16H24N2OS/c1-11(15-18-13(10-20-15)16(2,3)4)17-14(19)12-8-6-5-7-9-12/h5-6,10-12H,7-9H2,1-4H3,(H,17,19)/t11-,12-/m0/s1. The lowest BCUT2D eigenvalue weighted by atomic mass is 9.93. The number of thiazole rings is 1. The Hall–Kier alpha value is -1.16. The number of amides is 1. The summed E-state index contributed by atoms with van der Waals surface area (Å²) >= 11 is 1.63. The zero-order valence-electron chi connectivity index (χ0n) is 12.8. The summed E-state index contributed by atoms with van der Waals surface area (Å²) < 4.78 is 0. The Morgan fingerprint density at radius 3 is 2.75 bits per heavy atom. The Labute approximate surface area is 125 Å². The lowest BCUT2D eigenvalue weighted by molar-refractivity contribution is -0.125. The van der Waals surface area contributed by atoms with Gasteiger partial charge in [-0.2, -0.15) is 0 Å². The molecule has 0 spiro atoms. The minimum atomic E-state index is -0.00509. The van der Waals surface area contributed by atoms with Crippen LogP contribution >= 0.6 is 11.3 Å². The number of rotatable bonds is 3. The van der Waals surface area contributed by atoms with Gasteiger partial charge in [0.05, 0.1) is 11.7 Å². The lowest BCUT2D eigenvalue weighted by Gasteiger charge is -2.20. The fraction of sp³-hybridized carbons (Fsp3) is 0.625. The van der Waals surface area contributed by atoms with Gasteiger partial charge in [-0.15, -0.1) is 11.3 Å². The molecule has 1 amide bonds. The smallest absolute Gasteiger partial charge is 0.223 e. The van der Waals surface area contributed by atoms with Crippen molar-refractivity contribution in [3.8, 4) is 0 Å². The fourth-order valence-electron chi connectivity index (χ4n) is 2.26. The van der Waals surface area contributed by atoms with Crippen molar-refractivity contribution in [3.05, 3.63) is 28.2 Å². The van der Waals surface area contributed by atoms with Crippen molar-refractivity contribution < 1.29 is 4.79 Å². The topological polar surface area (TPSA) is 42.0 Å². The van der Waals surface area contributed by atoms with Gasteiger partial charge in [0.1, 0.15) is 5.01 Å². The van der Waals surface area contributed by atoms with Crippen LogP contribution in [0.5, 0.6) is 0 Å². The van der Waals surface area contributed by atoms with Crippen molar-refractivity contribution in [3.63, 3.8) is 0 Å². The van der Waals surface area contributed by atoms with Gasteiger partial charge in [0.25, 0.3) is 0 Å². The SMILES string of the molecule is C[C@H](NC(=O)[C@H]1CC=CCC1)c1nc(C(C)(C)C)cs1. The van der Waals surface area contributed by atoms with Crippen LogP contribution < -0.4 is 5.32 Å². The predicted octanol–water partition coefficient (Wildman–Crippen LogP) is 3.97. The number of allylic oxidation sites excluding steroid dienone is 2. The Kier molecular flexibility index (Phi) is 4.63. The number of aromatic nitrogens is 1. The molecule has 3 nitrogen and oxygen atoms in total. The maximum atomic E-state index is 12.2. The van der Waals surface area contributed by atoms with Gasteiger partial charge in [-0.3, -0.25) is 4.79 Å². The van der Waals surface area contributed by atoms with Gasteiger partial charge in [0.15, 0.2) is 0 Å².